The minimum atomic E-state index is -0.411. The van der Waals surface area contributed by atoms with Gasteiger partial charge in [0.15, 0.2) is 0 Å². The van der Waals surface area contributed by atoms with Crippen molar-refractivity contribution in [1.82, 2.24) is 0 Å². The molecule has 0 fully saturated rings. The maximum absolute atomic E-state index is 12.8. The summed E-state index contributed by atoms with van der Waals surface area (Å²) < 4.78 is 6.30. The molecule has 0 heterocycles. The molecule has 2 rings (SSSR count). The standard InChI is InChI=1S/C20H32O2/c1-7-17-15(4)9-10-16-13-14(3)11-12-20(16,17)22-18(21)19(5,6)8-2/h9-10,13-15,17H,7-8,11-12H2,1-6H3/t14-,15?,17?,20?/m1/s1. The van der Waals surface area contributed by atoms with Gasteiger partial charge in [0, 0.05) is 5.92 Å². The SMILES string of the molecule is CCC1C(C)C=CC2=C[C@H](C)CCC21OC(=O)C(C)(C)CC. The molecule has 2 aliphatic rings. The van der Waals surface area contributed by atoms with E-state index in [2.05, 4.69) is 45.9 Å². The molecule has 3 unspecified atom stereocenters. The van der Waals surface area contributed by atoms with Crippen LogP contribution in [0.1, 0.15) is 67.2 Å². The van der Waals surface area contributed by atoms with Gasteiger partial charge in [-0.2, -0.15) is 0 Å². The normalized spacial score (nSPS) is 34.8. The number of esters is 1. The Bertz CT molecular complexity index is 486. The zero-order valence-corrected chi connectivity index (χ0v) is 15.1. The molecule has 0 amide bonds. The molecule has 0 radical (unpaired) electrons. The predicted molar refractivity (Wildman–Crippen MR) is 91.5 cm³/mol. The van der Waals surface area contributed by atoms with E-state index in [-0.39, 0.29) is 5.97 Å². The van der Waals surface area contributed by atoms with E-state index in [1.807, 2.05) is 13.8 Å². The van der Waals surface area contributed by atoms with Gasteiger partial charge in [-0.1, -0.05) is 45.9 Å². The molecule has 0 saturated carbocycles. The van der Waals surface area contributed by atoms with Crippen LogP contribution in [0.25, 0.3) is 0 Å². The molecule has 0 N–H and O–H groups in total. The monoisotopic (exact) mass is 304 g/mol. The molecule has 0 spiro atoms. The lowest BCUT2D eigenvalue weighted by atomic mass is 9.63. The van der Waals surface area contributed by atoms with Gasteiger partial charge in [0.05, 0.1) is 5.41 Å². The van der Waals surface area contributed by atoms with Gasteiger partial charge >= 0.3 is 5.97 Å². The first-order chi connectivity index (χ1) is 10.3. The lowest BCUT2D eigenvalue weighted by Crippen LogP contribution is -2.51. The van der Waals surface area contributed by atoms with Gasteiger partial charge < -0.3 is 4.74 Å². The highest BCUT2D eigenvalue weighted by Crippen LogP contribution is 2.49. The number of hydrogen-bond acceptors (Lipinski definition) is 2. The summed E-state index contributed by atoms with van der Waals surface area (Å²) in [5, 5.41) is 0. The first kappa shape index (κ1) is 17.3. The second kappa shape index (κ2) is 6.22. The number of carbonyl (C=O) groups is 1. The van der Waals surface area contributed by atoms with Gasteiger partial charge in [-0.25, -0.2) is 0 Å². The average Bonchev–Trinajstić information content (AvgIpc) is 2.48. The van der Waals surface area contributed by atoms with Crippen LogP contribution in [0, 0.1) is 23.2 Å². The Morgan fingerprint density at radius 3 is 2.64 bits per heavy atom. The average molecular weight is 304 g/mol. The van der Waals surface area contributed by atoms with Crippen LogP contribution < -0.4 is 0 Å². The quantitative estimate of drug-likeness (QED) is 0.659. The zero-order valence-electron chi connectivity index (χ0n) is 15.1. The van der Waals surface area contributed by atoms with Crippen molar-refractivity contribution in [1.29, 1.82) is 0 Å². The van der Waals surface area contributed by atoms with E-state index < -0.39 is 11.0 Å². The van der Waals surface area contributed by atoms with Gasteiger partial charge in [0.2, 0.25) is 0 Å². The fourth-order valence-electron chi connectivity index (χ4n) is 3.86. The fourth-order valence-corrected chi connectivity index (χ4v) is 3.86. The third kappa shape index (κ3) is 2.89. The Balaban J connectivity index is 2.42. The van der Waals surface area contributed by atoms with E-state index in [0.717, 1.165) is 25.7 Å². The number of fused-ring (bicyclic) bond motifs is 1. The van der Waals surface area contributed by atoms with E-state index >= 15 is 0 Å². The Morgan fingerprint density at radius 1 is 1.36 bits per heavy atom. The van der Waals surface area contributed by atoms with Gasteiger partial charge in [0.25, 0.3) is 0 Å². The molecule has 124 valence electrons. The molecule has 0 aliphatic heterocycles. The molecule has 0 bridgehead atoms. The van der Waals surface area contributed by atoms with Crippen molar-refractivity contribution in [3.05, 3.63) is 23.8 Å². The topological polar surface area (TPSA) is 26.3 Å². The highest BCUT2D eigenvalue weighted by molar-refractivity contribution is 5.77. The number of ether oxygens (including phenoxy) is 1. The van der Waals surface area contributed by atoms with Gasteiger partial charge in [-0.15, -0.1) is 0 Å². The molecule has 2 aliphatic carbocycles. The molecule has 2 nitrogen and oxygen atoms in total. The largest absolute Gasteiger partial charge is 0.453 e. The Labute approximate surface area is 136 Å². The van der Waals surface area contributed by atoms with Gasteiger partial charge in [-0.3, -0.25) is 4.79 Å². The van der Waals surface area contributed by atoms with Crippen molar-refractivity contribution in [3.63, 3.8) is 0 Å². The summed E-state index contributed by atoms with van der Waals surface area (Å²) >= 11 is 0. The van der Waals surface area contributed by atoms with Crippen LogP contribution in [-0.2, 0) is 9.53 Å². The van der Waals surface area contributed by atoms with Crippen LogP contribution in [0.2, 0.25) is 0 Å². The summed E-state index contributed by atoms with van der Waals surface area (Å²) in [5.41, 5.74) is 0.418. The molecular formula is C20H32O2. The van der Waals surface area contributed by atoms with Crippen molar-refractivity contribution in [3.8, 4) is 0 Å². The van der Waals surface area contributed by atoms with Gasteiger partial charge in [0.1, 0.15) is 5.60 Å². The minimum absolute atomic E-state index is 0.0450. The van der Waals surface area contributed by atoms with Crippen LogP contribution >= 0.6 is 0 Å². The lowest BCUT2D eigenvalue weighted by molar-refractivity contribution is -0.176. The molecule has 4 atom stereocenters. The molecule has 0 aromatic carbocycles. The van der Waals surface area contributed by atoms with E-state index in [9.17, 15) is 4.79 Å². The molecular weight excluding hydrogens is 272 g/mol. The molecule has 22 heavy (non-hydrogen) atoms. The maximum atomic E-state index is 12.8. The minimum Gasteiger partial charge on any atom is -0.453 e. The number of carbonyl (C=O) groups excluding carboxylic acids is 1. The van der Waals surface area contributed by atoms with E-state index in [1.54, 1.807) is 0 Å². The van der Waals surface area contributed by atoms with Crippen molar-refractivity contribution < 1.29 is 9.53 Å². The summed E-state index contributed by atoms with van der Waals surface area (Å²) in [6.07, 6.45) is 10.7. The van der Waals surface area contributed by atoms with Crippen molar-refractivity contribution in [2.75, 3.05) is 0 Å². The maximum Gasteiger partial charge on any atom is 0.312 e. The smallest absolute Gasteiger partial charge is 0.312 e. The van der Waals surface area contributed by atoms with Crippen LogP contribution in [0.4, 0.5) is 0 Å². The molecule has 0 saturated heterocycles. The lowest BCUT2D eigenvalue weighted by Gasteiger charge is -2.49. The van der Waals surface area contributed by atoms with Gasteiger partial charge in [-0.05, 0) is 56.9 Å². The summed E-state index contributed by atoms with van der Waals surface area (Å²) in [7, 11) is 0. The van der Waals surface area contributed by atoms with Crippen LogP contribution in [0.3, 0.4) is 0 Å². The second-order valence-corrected chi connectivity index (χ2v) is 7.89. The summed E-state index contributed by atoms with van der Waals surface area (Å²) in [6.45, 7) is 12.8. The van der Waals surface area contributed by atoms with Crippen LogP contribution in [0.5, 0.6) is 0 Å². The van der Waals surface area contributed by atoms with Crippen LogP contribution in [-0.4, -0.2) is 11.6 Å². The third-order valence-corrected chi connectivity index (χ3v) is 5.89. The zero-order chi connectivity index (χ0) is 16.5. The third-order valence-electron chi connectivity index (χ3n) is 5.89. The highest BCUT2D eigenvalue weighted by atomic mass is 16.6. The first-order valence-electron chi connectivity index (χ1n) is 8.90. The Morgan fingerprint density at radius 2 is 2.05 bits per heavy atom. The summed E-state index contributed by atoms with van der Waals surface area (Å²) in [5.74, 6) is 1.36. The van der Waals surface area contributed by atoms with Crippen molar-refractivity contribution in [2.24, 2.45) is 23.2 Å². The Kier molecular flexibility index (Phi) is 4.89. The molecule has 2 heteroatoms. The fraction of sp³-hybridized carbons (Fsp3) is 0.750. The van der Waals surface area contributed by atoms with E-state index in [1.165, 1.54) is 5.57 Å². The Hall–Kier alpha value is -1.05. The predicted octanol–water partition coefficient (Wildman–Crippen LogP) is 5.29. The molecule has 0 aromatic heterocycles. The summed E-state index contributed by atoms with van der Waals surface area (Å²) in [6, 6.07) is 0. The van der Waals surface area contributed by atoms with E-state index in [0.29, 0.717) is 17.8 Å². The van der Waals surface area contributed by atoms with Crippen molar-refractivity contribution in [2.45, 2.75) is 72.8 Å². The number of rotatable bonds is 4. The highest BCUT2D eigenvalue weighted by Gasteiger charge is 2.50. The number of allylic oxidation sites excluding steroid dienone is 2. The molecule has 0 aromatic rings. The van der Waals surface area contributed by atoms with Crippen LogP contribution in [0.15, 0.2) is 23.8 Å². The number of hydrogen-bond donors (Lipinski definition) is 0. The van der Waals surface area contributed by atoms with E-state index in [4.69, 9.17) is 4.74 Å². The second-order valence-electron chi connectivity index (χ2n) is 7.89. The summed E-state index contributed by atoms with van der Waals surface area (Å²) in [4.78, 5) is 12.8. The van der Waals surface area contributed by atoms with Crippen molar-refractivity contribution >= 4 is 5.97 Å². The first-order valence-corrected chi connectivity index (χ1v) is 8.90.